The number of sulfone groups is 1. The van der Waals surface area contributed by atoms with Crippen molar-refractivity contribution in [2.75, 3.05) is 37.3 Å². The molecule has 5 rings (SSSR count). The molecule has 2 saturated carbocycles. The summed E-state index contributed by atoms with van der Waals surface area (Å²) in [5, 5.41) is 3.82. The number of hydrogen-bond acceptors (Lipinski definition) is 9. The zero-order chi connectivity index (χ0) is 32.5. The van der Waals surface area contributed by atoms with E-state index >= 15 is 0 Å². The van der Waals surface area contributed by atoms with E-state index < -0.39 is 50.5 Å². The molecule has 2 aromatic carbocycles. The van der Waals surface area contributed by atoms with Crippen molar-refractivity contribution in [1.29, 1.82) is 0 Å². The largest absolute Gasteiger partial charge is 0.454 e. The number of aromatic nitrogens is 3. The van der Waals surface area contributed by atoms with Crippen molar-refractivity contribution in [3.8, 4) is 6.01 Å². The molecule has 0 spiro atoms. The third-order valence-electron chi connectivity index (χ3n) is 8.36. The first kappa shape index (κ1) is 33.1. The van der Waals surface area contributed by atoms with Crippen LogP contribution in [0.2, 0.25) is 5.02 Å². The topological polar surface area (TPSA) is 114 Å². The predicted molar refractivity (Wildman–Crippen MR) is 164 cm³/mol. The summed E-state index contributed by atoms with van der Waals surface area (Å²) < 4.78 is 69.1. The van der Waals surface area contributed by atoms with Gasteiger partial charge in [-0.05, 0) is 62.0 Å². The van der Waals surface area contributed by atoms with Gasteiger partial charge in [-0.15, -0.1) is 0 Å². The number of nitrogens with zero attached hydrogens (tertiary/aromatic N) is 4. The Balaban J connectivity index is 1.30. The summed E-state index contributed by atoms with van der Waals surface area (Å²) in [5.41, 5.74) is 1.37. The first-order valence-electron chi connectivity index (χ1n) is 14.8. The zero-order valence-corrected chi connectivity index (χ0v) is 26.6. The molecule has 1 N–H and O–H groups in total. The summed E-state index contributed by atoms with van der Waals surface area (Å²) in [6.07, 6.45) is -1.85. The van der Waals surface area contributed by atoms with Crippen LogP contribution in [0, 0.1) is 0 Å². The van der Waals surface area contributed by atoms with Gasteiger partial charge in [-0.1, -0.05) is 61.8 Å². The first-order valence-corrected chi connectivity index (χ1v) is 16.8. The number of carbonyl (C=O) groups is 1. The van der Waals surface area contributed by atoms with E-state index in [9.17, 15) is 26.4 Å². The van der Waals surface area contributed by atoms with Crippen LogP contribution >= 0.6 is 11.6 Å². The van der Waals surface area contributed by atoms with Gasteiger partial charge in [0.2, 0.25) is 5.95 Å². The van der Waals surface area contributed by atoms with Crippen LogP contribution in [0.3, 0.4) is 0 Å². The normalized spacial score (nSPS) is 16.8. The van der Waals surface area contributed by atoms with Gasteiger partial charge in [0.15, 0.2) is 22.2 Å². The van der Waals surface area contributed by atoms with Crippen molar-refractivity contribution in [2.45, 2.75) is 62.4 Å². The number of nitrogens with one attached hydrogen (secondary N) is 1. The maximum atomic E-state index is 13.2. The van der Waals surface area contributed by atoms with Gasteiger partial charge in [-0.25, -0.2) is 8.42 Å². The Bertz CT molecular complexity index is 1620. The van der Waals surface area contributed by atoms with Crippen LogP contribution in [0.25, 0.3) is 0 Å². The van der Waals surface area contributed by atoms with Crippen molar-refractivity contribution in [3.05, 3.63) is 76.1 Å². The molecular weight excluding hydrogens is 631 g/mol. The highest BCUT2D eigenvalue weighted by Gasteiger charge is 2.55. The molecule has 0 amide bonds. The Labute approximate surface area is 265 Å². The highest BCUT2D eigenvalue weighted by Crippen LogP contribution is 2.48. The van der Waals surface area contributed by atoms with Gasteiger partial charge in [-0.3, -0.25) is 4.79 Å². The molecule has 14 heteroatoms. The first-order chi connectivity index (χ1) is 21.3. The van der Waals surface area contributed by atoms with Crippen LogP contribution in [-0.4, -0.2) is 77.0 Å². The van der Waals surface area contributed by atoms with Crippen molar-refractivity contribution < 1.29 is 31.1 Å². The lowest BCUT2D eigenvalue weighted by Crippen LogP contribution is -2.41. The molecule has 2 aliphatic rings. The van der Waals surface area contributed by atoms with E-state index in [0.717, 1.165) is 31.5 Å². The number of halogens is 4. The lowest BCUT2D eigenvalue weighted by molar-refractivity contribution is -0.154. The van der Waals surface area contributed by atoms with Crippen molar-refractivity contribution >= 4 is 33.2 Å². The van der Waals surface area contributed by atoms with Crippen LogP contribution in [0.15, 0.2) is 48.5 Å². The van der Waals surface area contributed by atoms with E-state index in [0.29, 0.717) is 30.0 Å². The van der Waals surface area contributed by atoms with Crippen molar-refractivity contribution in [2.24, 2.45) is 0 Å². The quantitative estimate of drug-likeness (QED) is 0.206. The molecule has 1 aromatic heterocycles. The van der Waals surface area contributed by atoms with Crippen molar-refractivity contribution in [3.63, 3.8) is 0 Å². The average Bonchev–Trinajstić information content (AvgIpc) is 3.92. The number of benzene rings is 2. The van der Waals surface area contributed by atoms with Gasteiger partial charge in [0.25, 0.3) is 0 Å². The molecule has 2 fully saturated rings. The number of ether oxygens (including phenoxy) is 1. The fraction of sp³-hybridized carbons (Fsp3) is 0.484. The van der Waals surface area contributed by atoms with E-state index in [1.165, 1.54) is 12.1 Å². The third-order valence-corrected chi connectivity index (χ3v) is 11.1. The van der Waals surface area contributed by atoms with Gasteiger partial charge in [-0.2, -0.15) is 28.1 Å². The Kier molecular flexibility index (Phi) is 9.44. The van der Waals surface area contributed by atoms with Crippen LogP contribution < -0.4 is 10.1 Å². The van der Waals surface area contributed by atoms with Crippen LogP contribution in [0.5, 0.6) is 6.01 Å². The summed E-state index contributed by atoms with van der Waals surface area (Å²) in [4.78, 5) is 27.7. The number of hydrogen-bond donors (Lipinski definition) is 1. The second-order valence-corrected chi connectivity index (χ2v) is 14.5. The lowest BCUT2D eigenvalue weighted by Gasteiger charge is -2.24. The molecule has 0 radical (unpaired) electrons. The van der Waals surface area contributed by atoms with E-state index in [1.54, 1.807) is 24.3 Å². The number of carbonyl (C=O) groups excluding carboxylic acids is 1. The van der Waals surface area contributed by atoms with Crippen molar-refractivity contribution in [1.82, 2.24) is 19.9 Å². The summed E-state index contributed by atoms with van der Waals surface area (Å²) in [6.45, 7) is 4.30. The number of anilines is 1. The average molecular weight is 666 g/mol. The minimum atomic E-state index is -4.58. The summed E-state index contributed by atoms with van der Waals surface area (Å²) in [5.74, 6) is -0.824. The second-order valence-electron chi connectivity index (χ2n) is 11.7. The summed E-state index contributed by atoms with van der Waals surface area (Å²) in [6, 6.07) is 13.2. The lowest BCUT2D eigenvalue weighted by atomic mass is 10.1. The van der Waals surface area contributed by atoms with E-state index in [1.807, 2.05) is 26.0 Å². The molecule has 0 bridgehead atoms. The van der Waals surface area contributed by atoms with Gasteiger partial charge < -0.3 is 15.0 Å². The standard InChI is InChI=1S/C31H35ClF3N5O4S/c1-3-40(4-2)19-29(13-14-29)45(42,43)18-25(41)22-7-5-21(6-8-22)17-26-36-27(38-28(37-26)44-20-31(33,34)35)39-30(15-16-30)23-9-11-24(32)12-10-23/h5-12H,3-4,13-20H2,1-2H3,(H,36,37,38,39). The van der Waals surface area contributed by atoms with E-state index in [2.05, 4.69) is 25.2 Å². The fourth-order valence-corrected chi connectivity index (χ4v) is 7.35. The molecule has 45 heavy (non-hydrogen) atoms. The Morgan fingerprint density at radius 3 is 2.18 bits per heavy atom. The maximum absolute atomic E-state index is 13.2. The van der Waals surface area contributed by atoms with Crippen LogP contribution in [0.4, 0.5) is 19.1 Å². The minimum Gasteiger partial charge on any atom is -0.454 e. The Morgan fingerprint density at radius 2 is 1.62 bits per heavy atom. The van der Waals surface area contributed by atoms with Gasteiger partial charge >= 0.3 is 12.2 Å². The predicted octanol–water partition coefficient (Wildman–Crippen LogP) is 5.63. The molecule has 9 nitrogen and oxygen atoms in total. The summed E-state index contributed by atoms with van der Waals surface area (Å²) >= 11 is 6.03. The molecule has 242 valence electrons. The van der Waals surface area contributed by atoms with E-state index in [4.69, 9.17) is 16.3 Å². The Hall–Kier alpha value is -3.29. The second kappa shape index (κ2) is 12.8. The molecular formula is C31H35ClF3N5O4S. The molecule has 3 aromatic rings. The Morgan fingerprint density at radius 1 is 0.978 bits per heavy atom. The molecule has 2 aliphatic carbocycles. The number of alkyl halides is 3. The molecule has 0 aliphatic heterocycles. The highest BCUT2D eigenvalue weighted by atomic mass is 35.5. The monoisotopic (exact) mass is 665 g/mol. The van der Waals surface area contributed by atoms with Crippen LogP contribution in [-0.2, 0) is 21.8 Å². The van der Waals surface area contributed by atoms with Crippen LogP contribution in [0.1, 0.15) is 66.8 Å². The molecule has 0 unspecified atom stereocenters. The smallest absolute Gasteiger partial charge is 0.422 e. The number of rotatable bonds is 15. The minimum absolute atomic E-state index is 0.0698. The summed E-state index contributed by atoms with van der Waals surface area (Å²) in [7, 11) is -3.65. The zero-order valence-electron chi connectivity index (χ0n) is 25.0. The molecule has 0 saturated heterocycles. The fourth-order valence-electron chi connectivity index (χ4n) is 5.30. The molecule has 1 heterocycles. The SMILES string of the molecule is CCN(CC)CC1(S(=O)(=O)CC(=O)c2ccc(Cc3nc(NC4(c5ccc(Cl)cc5)CC4)nc(OCC(F)(F)F)n3)cc2)CC1. The number of Topliss-reactive ketones (excluding diaryl/α,β-unsaturated/α-hetero) is 1. The van der Waals surface area contributed by atoms with Gasteiger partial charge in [0.05, 0.1) is 10.3 Å². The number of ketones is 1. The molecule has 0 atom stereocenters. The van der Waals surface area contributed by atoms with Gasteiger partial charge in [0.1, 0.15) is 11.6 Å². The van der Waals surface area contributed by atoms with Gasteiger partial charge in [0, 0.05) is 23.6 Å². The van der Waals surface area contributed by atoms with E-state index in [-0.39, 0.29) is 23.8 Å². The highest BCUT2D eigenvalue weighted by molar-refractivity contribution is 7.93. The third kappa shape index (κ3) is 8.11. The maximum Gasteiger partial charge on any atom is 0.422 e.